The Morgan fingerprint density at radius 2 is 2.09 bits per heavy atom. The van der Waals surface area contributed by atoms with Gasteiger partial charge < -0.3 is 14.7 Å². The van der Waals surface area contributed by atoms with Crippen molar-refractivity contribution < 1.29 is 14.6 Å². The van der Waals surface area contributed by atoms with E-state index in [-0.39, 0.29) is 5.91 Å². The zero-order chi connectivity index (χ0) is 16.2. The second kappa shape index (κ2) is 7.32. The molecule has 0 bridgehead atoms. The van der Waals surface area contributed by atoms with Crippen LogP contribution in [0.1, 0.15) is 31.2 Å². The Morgan fingerprint density at radius 3 is 2.65 bits per heavy atom. The number of aliphatic hydroxyl groups is 1. The van der Waals surface area contributed by atoms with Crippen molar-refractivity contribution in [2.45, 2.75) is 44.4 Å². The number of methoxy groups -OCH3 is 1. The van der Waals surface area contributed by atoms with Gasteiger partial charge in [0, 0.05) is 38.6 Å². The van der Waals surface area contributed by atoms with Crippen molar-refractivity contribution in [1.82, 2.24) is 9.80 Å². The third-order valence-corrected chi connectivity index (χ3v) is 4.66. The standard InChI is InChI=1S/C18H26N2O3/c1-23-17-8-4-14(5-9-17)11-20(15-6-7-15)13-16(21)12-19-10-2-3-18(19)22/h4-5,8-9,15-16,21H,2-3,6-7,10-13H2,1H3. The number of likely N-dealkylation sites (tertiary alicyclic amines) is 1. The number of benzene rings is 1. The van der Waals surface area contributed by atoms with Crippen LogP contribution in [0, 0.1) is 0 Å². The SMILES string of the molecule is COc1ccc(CN(CC(O)CN2CCCC2=O)C2CC2)cc1. The van der Waals surface area contributed by atoms with Crippen LogP contribution in [0.4, 0.5) is 0 Å². The van der Waals surface area contributed by atoms with E-state index in [9.17, 15) is 9.90 Å². The van der Waals surface area contributed by atoms with Gasteiger partial charge in [0.25, 0.3) is 0 Å². The van der Waals surface area contributed by atoms with Crippen LogP contribution >= 0.6 is 0 Å². The number of carbonyl (C=O) groups excluding carboxylic acids is 1. The smallest absolute Gasteiger partial charge is 0.222 e. The highest BCUT2D eigenvalue weighted by Crippen LogP contribution is 2.29. The lowest BCUT2D eigenvalue weighted by Crippen LogP contribution is -2.41. The molecule has 1 aromatic rings. The second-order valence-corrected chi connectivity index (χ2v) is 6.61. The molecule has 126 valence electrons. The van der Waals surface area contributed by atoms with Crippen molar-refractivity contribution in [3.8, 4) is 5.75 Å². The molecule has 0 spiro atoms. The fourth-order valence-corrected chi connectivity index (χ4v) is 3.23. The highest BCUT2D eigenvalue weighted by molar-refractivity contribution is 5.78. The molecule has 0 radical (unpaired) electrons. The summed E-state index contributed by atoms with van der Waals surface area (Å²) in [6, 6.07) is 8.66. The molecule has 1 aliphatic heterocycles. The molecular formula is C18H26N2O3. The molecule has 2 aliphatic rings. The van der Waals surface area contributed by atoms with Crippen LogP contribution in [-0.4, -0.2) is 59.7 Å². The summed E-state index contributed by atoms with van der Waals surface area (Å²) in [7, 11) is 1.67. The van der Waals surface area contributed by atoms with E-state index in [0.29, 0.717) is 25.6 Å². The lowest BCUT2D eigenvalue weighted by molar-refractivity contribution is -0.129. The predicted octanol–water partition coefficient (Wildman–Crippen LogP) is 1.64. The van der Waals surface area contributed by atoms with Crippen LogP contribution in [0.15, 0.2) is 24.3 Å². The first-order chi connectivity index (χ1) is 11.2. The van der Waals surface area contributed by atoms with Gasteiger partial charge in [-0.2, -0.15) is 0 Å². The number of rotatable bonds is 8. The van der Waals surface area contributed by atoms with Gasteiger partial charge in [0.2, 0.25) is 5.91 Å². The summed E-state index contributed by atoms with van der Waals surface area (Å²) in [4.78, 5) is 15.8. The normalized spacial score (nSPS) is 19.4. The minimum absolute atomic E-state index is 0.178. The summed E-state index contributed by atoms with van der Waals surface area (Å²) in [5.74, 6) is 1.04. The van der Waals surface area contributed by atoms with Crippen molar-refractivity contribution in [2.75, 3.05) is 26.7 Å². The van der Waals surface area contributed by atoms with Gasteiger partial charge in [0.05, 0.1) is 13.2 Å². The maximum Gasteiger partial charge on any atom is 0.222 e. The van der Waals surface area contributed by atoms with Crippen LogP contribution < -0.4 is 4.74 Å². The maximum absolute atomic E-state index is 11.7. The Hall–Kier alpha value is -1.59. The minimum Gasteiger partial charge on any atom is -0.497 e. The third-order valence-electron chi connectivity index (χ3n) is 4.66. The van der Waals surface area contributed by atoms with E-state index in [1.807, 2.05) is 12.1 Å². The number of aliphatic hydroxyl groups excluding tert-OH is 1. The van der Waals surface area contributed by atoms with Crippen LogP contribution in [-0.2, 0) is 11.3 Å². The Labute approximate surface area is 137 Å². The summed E-state index contributed by atoms with van der Waals surface area (Å²) < 4.78 is 5.19. The topological polar surface area (TPSA) is 53.0 Å². The van der Waals surface area contributed by atoms with Crippen LogP contribution in [0.5, 0.6) is 5.75 Å². The predicted molar refractivity (Wildman–Crippen MR) is 88.2 cm³/mol. The number of nitrogens with zero attached hydrogens (tertiary/aromatic N) is 2. The number of carbonyl (C=O) groups is 1. The largest absolute Gasteiger partial charge is 0.497 e. The molecule has 1 amide bonds. The van der Waals surface area contributed by atoms with Crippen molar-refractivity contribution >= 4 is 5.91 Å². The molecule has 1 saturated carbocycles. The number of hydrogen-bond donors (Lipinski definition) is 1. The third kappa shape index (κ3) is 4.45. The zero-order valence-electron chi connectivity index (χ0n) is 13.8. The molecule has 1 atom stereocenters. The first kappa shape index (κ1) is 16.3. The number of ether oxygens (including phenoxy) is 1. The minimum atomic E-state index is -0.476. The molecular weight excluding hydrogens is 292 g/mol. The fourth-order valence-electron chi connectivity index (χ4n) is 3.23. The highest BCUT2D eigenvalue weighted by Gasteiger charge is 2.31. The van der Waals surface area contributed by atoms with E-state index in [1.165, 1.54) is 18.4 Å². The van der Waals surface area contributed by atoms with E-state index >= 15 is 0 Å². The lowest BCUT2D eigenvalue weighted by atomic mass is 10.2. The van der Waals surface area contributed by atoms with Gasteiger partial charge in [0.1, 0.15) is 5.75 Å². The number of amides is 1. The summed E-state index contributed by atoms with van der Waals surface area (Å²) >= 11 is 0. The quantitative estimate of drug-likeness (QED) is 0.792. The van der Waals surface area contributed by atoms with E-state index in [4.69, 9.17) is 4.74 Å². The highest BCUT2D eigenvalue weighted by atomic mass is 16.5. The molecule has 0 aromatic heterocycles. The second-order valence-electron chi connectivity index (χ2n) is 6.61. The summed E-state index contributed by atoms with van der Waals surface area (Å²) in [5, 5.41) is 10.4. The monoisotopic (exact) mass is 318 g/mol. The maximum atomic E-state index is 11.7. The van der Waals surface area contributed by atoms with Gasteiger partial charge in [-0.1, -0.05) is 12.1 Å². The molecule has 3 rings (SSSR count). The molecule has 5 heteroatoms. The zero-order valence-corrected chi connectivity index (χ0v) is 13.8. The molecule has 1 N–H and O–H groups in total. The summed E-state index contributed by atoms with van der Waals surface area (Å²) in [6.45, 7) is 2.71. The van der Waals surface area contributed by atoms with Crippen molar-refractivity contribution in [3.05, 3.63) is 29.8 Å². The van der Waals surface area contributed by atoms with Gasteiger partial charge in [0.15, 0.2) is 0 Å². The fraction of sp³-hybridized carbons (Fsp3) is 0.611. The van der Waals surface area contributed by atoms with Crippen LogP contribution in [0.3, 0.4) is 0 Å². The molecule has 1 saturated heterocycles. The Bertz CT molecular complexity index is 528. The first-order valence-electron chi connectivity index (χ1n) is 8.48. The van der Waals surface area contributed by atoms with Gasteiger partial charge >= 0.3 is 0 Å². The molecule has 23 heavy (non-hydrogen) atoms. The number of hydrogen-bond acceptors (Lipinski definition) is 4. The van der Waals surface area contributed by atoms with Gasteiger partial charge in [-0.15, -0.1) is 0 Å². The summed E-state index contributed by atoms with van der Waals surface area (Å²) in [6.07, 6.45) is 3.47. The van der Waals surface area contributed by atoms with Gasteiger partial charge in [-0.05, 0) is 37.0 Å². The number of β-amino-alcohol motifs (C(OH)–C–C–N with tert-alkyl or cyclic N) is 1. The molecule has 1 aromatic carbocycles. The van der Waals surface area contributed by atoms with E-state index in [1.54, 1.807) is 12.0 Å². The van der Waals surface area contributed by atoms with Gasteiger partial charge in [-0.25, -0.2) is 0 Å². The first-order valence-corrected chi connectivity index (χ1v) is 8.48. The van der Waals surface area contributed by atoms with E-state index < -0.39 is 6.10 Å². The van der Waals surface area contributed by atoms with Crippen LogP contribution in [0.25, 0.3) is 0 Å². The average molecular weight is 318 g/mol. The van der Waals surface area contributed by atoms with E-state index in [2.05, 4.69) is 17.0 Å². The molecule has 2 fully saturated rings. The van der Waals surface area contributed by atoms with Crippen LogP contribution in [0.2, 0.25) is 0 Å². The van der Waals surface area contributed by atoms with E-state index in [0.717, 1.165) is 25.3 Å². The van der Waals surface area contributed by atoms with Crippen molar-refractivity contribution in [1.29, 1.82) is 0 Å². The average Bonchev–Trinajstić information content (AvgIpc) is 3.32. The molecule has 1 heterocycles. The van der Waals surface area contributed by atoms with Crippen molar-refractivity contribution in [3.63, 3.8) is 0 Å². The Kier molecular flexibility index (Phi) is 5.18. The van der Waals surface area contributed by atoms with Gasteiger partial charge in [-0.3, -0.25) is 9.69 Å². The Balaban J connectivity index is 1.54. The summed E-state index contributed by atoms with van der Waals surface area (Å²) in [5.41, 5.74) is 1.22. The molecule has 5 nitrogen and oxygen atoms in total. The lowest BCUT2D eigenvalue weighted by Gasteiger charge is -2.27. The molecule has 1 aliphatic carbocycles. The molecule has 1 unspecified atom stereocenters. The Morgan fingerprint density at radius 1 is 1.35 bits per heavy atom. The van der Waals surface area contributed by atoms with Crippen molar-refractivity contribution in [2.24, 2.45) is 0 Å².